The van der Waals surface area contributed by atoms with Crippen LogP contribution in [0.15, 0.2) is 59.7 Å². The summed E-state index contributed by atoms with van der Waals surface area (Å²) in [6, 6.07) is 11.2. The predicted octanol–water partition coefficient (Wildman–Crippen LogP) is 6.41. The van der Waals surface area contributed by atoms with Crippen molar-refractivity contribution < 1.29 is 17.9 Å². The maximum absolute atomic E-state index is 13.3. The Bertz CT molecular complexity index is 1760. The standard InChI is InChI=1S/C28H23ClF3N5O2/c1-15-9-10-33-22(13-37-11-5-7-21(27(37)38)28(30,31)32)20(15)14-39-23-8-4-6-18-19(12-16(2)34-25(18)23)26-24(29)17(3)35-36-26/h4-12H,13-14H2,1-3H3,(H,35,36). The van der Waals surface area contributed by atoms with Gasteiger partial charge in [-0.2, -0.15) is 18.3 Å². The summed E-state index contributed by atoms with van der Waals surface area (Å²) in [6.07, 6.45) is -1.88. The molecule has 0 aliphatic rings. The van der Waals surface area contributed by atoms with Crippen LogP contribution in [0.4, 0.5) is 13.2 Å². The fourth-order valence-corrected chi connectivity index (χ4v) is 4.61. The zero-order chi connectivity index (χ0) is 27.9. The lowest BCUT2D eigenvalue weighted by atomic mass is 10.0. The lowest BCUT2D eigenvalue weighted by Crippen LogP contribution is -2.29. The SMILES string of the molecule is Cc1cc(-c2n[nH]c(C)c2Cl)c2cccc(OCc3c(C)ccnc3Cn3cccc(C(F)(F)F)c3=O)c2n1. The Kier molecular flexibility index (Phi) is 6.90. The molecule has 4 aromatic heterocycles. The molecule has 0 fully saturated rings. The van der Waals surface area contributed by atoms with E-state index < -0.39 is 17.3 Å². The van der Waals surface area contributed by atoms with Crippen molar-refractivity contribution in [3.63, 3.8) is 0 Å². The van der Waals surface area contributed by atoms with Crippen LogP contribution in [0.25, 0.3) is 22.2 Å². The second-order valence-electron chi connectivity index (χ2n) is 9.17. The monoisotopic (exact) mass is 553 g/mol. The molecule has 0 aliphatic heterocycles. The molecule has 5 rings (SSSR count). The molecule has 5 aromatic rings. The number of hydrogen-bond donors (Lipinski definition) is 1. The van der Waals surface area contributed by atoms with Gasteiger partial charge in [-0.05, 0) is 56.7 Å². The van der Waals surface area contributed by atoms with E-state index in [1.807, 2.05) is 39.0 Å². The first-order valence-electron chi connectivity index (χ1n) is 12.0. The summed E-state index contributed by atoms with van der Waals surface area (Å²) < 4.78 is 47.0. The summed E-state index contributed by atoms with van der Waals surface area (Å²) in [7, 11) is 0. The van der Waals surface area contributed by atoms with Crippen LogP contribution in [0.2, 0.25) is 5.02 Å². The van der Waals surface area contributed by atoms with Crippen LogP contribution in [-0.2, 0) is 19.3 Å². The van der Waals surface area contributed by atoms with Gasteiger partial charge < -0.3 is 9.30 Å². The van der Waals surface area contributed by atoms with Gasteiger partial charge in [0.2, 0.25) is 0 Å². The number of hydrogen-bond acceptors (Lipinski definition) is 5. The topological polar surface area (TPSA) is 85.7 Å². The van der Waals surface area contributed by atoms with Gasteiger partial charge in [0.05, 0.1) is 23.0 Å². The van der Waals surface area contributed by atoms with Gasteiger partial charge in [0, 0.05) is 34.6 Å². The van der Waals surface area contributed by atoms with E-state index in [1.54, 1.807) is 18.3 Å². The number of nitrogens with one attached hydrogen (secondary N) is 1. The molecular formula is C28H23ClF3N5O2. The number of aryl methyl sites for hydroxylation is 3. The predicted molar refractivity (Wildman–Crippen MR) is 142 cm³/mol. The molecule has 0 aliphatic carbocycles. The van der Waals surface area contributed by atoms with Gasteiger partial charge in [-0.1, -0.05) is 23.7 Å². The quantitative estimate of drug-likeness (QED) is 0.263. The second kappa shape index (κ2) is 10.2. The fourth-order valence-electron chi connectivity index (χ4n) is 4.42. The molecule has 0 amide bonds. The Labute approximate surface area is 226 Å². The number of alkyl halides is 3. The number of halogens is 4. The van der Waals surface area contributed by atoms with Gasteiger partial charge in [0.25, 0.3) is 5.56 Å². The summed E-state index contributed by atoms with van der Waals surface area (Å²) in [5.74, 6) is 0.506. The number of nitrogens with zero attached hydrogens (tertiary/aromatic N) is 4. The van der Waals surface area contributed by atoms with Gasteiger partial charge in [-0.3, -0.25) is 14.9 Å². The molecule has 0 atom stereocenters. The van der Waals surface area contributed by atoms with Crippen molar-refractivity contribution in [2.75, 3.05) is 0 Å². The molecule has 200 valence electrons. The lowest BCUT2D eigenvalue weighted by molar-refractivity contribution is -0.138. The van der Waals surface area contributed by atoms with E-state index in [-0.39, 0.29) is 13.2 Å². The molecule has 11 heteroatoms. The summed E-state index contributed by atoms with van der Waals surface area (Å²) in [5.41, 5.74) is 3.08. The van der Waals surface area contributed by atoms with Crippen molar-refractivity contribution in [3.8, 4) is 17.0 Å². The minimum Gasteiger partial charge on any atom is -0.487 e. The highest BCUT2D eigenvalue weighted by atomic mass is 35.5. The molecule has 4 heterocycles. The first kappa shape index (κ1) is 26.4. The largest absolute Gasteiger partial charge is 0.487 e. The van der Waals surface area contributed by atoms with Gasteiger partial charge in [-0.25, -0.2) is 4.98 Å². The minimum absolute atomic E-state index is 0.0645. The number of pyridine rings is 3. The van der Waals surface area contributed by atoms with Crippen molar-refractivity contribution in [1.82, 2.24) is 24.7 Å². The van der Waals surface area contributed by atoms with E-state index in [0.29, 0.717) is 33.2 Å². The molecule has 0 spiro atoms. The summed E-state index contributed by atoms with van der Waals surface area (Å²) in [4.78, 5) is 21.6. The zero-order valence-corrected chi connectivity index (χ0v) is 22.0. The van der Waals surface area contributed by atoms with E-state index in [1.165, 1.54) is 12.3 Å². The third-order valence-corrected chi connectivity index (χ3v) is 6.92. The zero-order valence-electron chi connectivity index (χ0n) is 21.2. The number of rotatable bonds is 6. The maximum Gasteiger partial charge on any atom is 0.421 e. The van der Waals surface area contributed by atoms with Crippen LogP contribution in [0, 0.1) is 20.8 Å². The van der Waals surface area contributed by atoms with E-state index in [0.717, 1.165) is 38.5 Å². The highest BCUT2D eigenvalue weighted by Gasteiger charge is 2.34. The summed E-state index contributed by atoms with van der Waals surface area (Å²) >= 11 is 6.49. The van der Waals surface area contributed by atoms with E-state index in [9.17, 15) is 18.0 Å². The number of aromatic amines is 1. The Hall–Kier alpha value is -4.18. The molecule has 0 unspecified atom stereocenters. The average molecular weight is 554 g/mol. The van der Waals surface area contributed by atoms with Gasteiger partial charge in [0.1, 0.15) is 29.1 Å². The number of benzene rings is 1. The van der Waals surface area contributed by atoms with Crippen molar-refractivity contribution in [2.45, 2.75) is 40.1 Å². The number of para-hydroxylation sites is 1. The Morgan fingerprint density at radius 1 is 1.10 bits per heavy atom. The van der Waals surface area contributed by atoms with Gasteiger partial charge >= 0.3 is 6.18 Å². The van der Waals surface area contributed by atoms with E-state index >= 15 is 0 Å². The van der Waals surface area contributed by atoms with Crippen LogP contribution in [0.1, 0.15) is 33.8 Å². The van der Waals surface area contributed by atoms with E-state index in [4.69, 9.17) is 21.3 Å². The first-order valence-corrected chi connectivity index (χ1v) is 12.4. The number of fused-ring (bicyclic) bond motifs is 1. The molecule has 7 nitrogen and oxygen atoms in total. The van der Waals surface area contributed by atoms with Crippen LogP contribution in [0.3, 0.4) is 0 Å². The Morgan fingerprint density at radius 2 is 1.90 bits per heavy atom. The highest BCUT2D eigenvalue weighted by molar-refractivity contribution is 6.34. The summed E-state index contributed by atoms with van der Waals surface area (Å²) in [6.45, 7) is 5.48. The van der Waals surface area contributed by atoms with Gasteiger partial charge in [0.15, 0.2) is 0 Å². The fraction of sp³-hybridized carbons (Fsp3) is 0.214. The molecule has 39 heavy (non-hydrogen) atoms. The highest BCUT2D eigenvalue weighted by Crippen LogP contribution is 2.36. The van der Waals surface area contributed by atoms with Crippen LogP contribution < -0.4 is 10.3 Å². The normalized spacial score (nSPS) is 11.8. The Morgan fingerprint density at radius 3 is 2.62 bits per heavy atom. The van der Waals surface area contributed by atoms with E-state index in [2.05, 4.69) is 15.2 Å². The molecule has 0 radical (unpaired) electrons. The van der Waals surface area contributed by atoms with Crippen molar-refractivity contribution in [2.24, 2.45) is 0 Å². The van der Waals surface area contributed by atoms with Gasteiger partial charge in [-0.15, -0.1) is 0 Å². The average Bonchev–Trinajstić information content (AvgIpc) is 3.21. The lowest BCUT2D eigenvalue weighted by Gasteiger charge is -2.16. The van der Waals surface area contributed by atoms with Crippen LogP contribution >= 0.6 is 11.6 Å². The van der Waals surface area contributed by atoms with Crippen LogP contribution in [-0.4, -0.2) is 24.7 Å². The molecule has 1 N–H and O–H groups in total. The number of H-pyrrole nitrogens is 1. The van der Waals surface area contributed by atoms with Crippen molar-refractivity contribution >= 4 is 22.5 Å². The molecule has 0 saturated heterocycles. The third-order valence-electron chi connectivity index (χ3n) is 6.46. The number of ether oxygens (including phenoxy) is 1. The number of aromatic nitrogens is 5. The van der Waals surface area contributed by atoms with Crippen LogP contribution in [0.5, 0.6) is 5.75 Å². The van der Waals surface area contributed by atoms with Crippen molar-refractivity contribution in [3.05, 3.63) is 104 Å². The Balaban J connectivity index is 1.50. The maximum atomic E-state index is 13.3. The third kappa shape index (κ3) is 5.12. The summed E-state index contributed by atoms with van der Waals surface area (Å²) in [5, 5.41) is 8.58. The first-order chi connectivity index (χ1) is 18.5. The smallest absolute Gasteiger partial charge is 0.421 e. The van der Waals surface area contributed by atoms with Crippen molar-refractivity contribution in [1.29, 1.82) is 0 Å². The second-order valence-corrected chi connectivity index (χ2v) is 9.55. The molecule has 1 aromatic carbocycles. The molecule has 0 bridgehead atoms. The molecular weight excluding hydrogens is 531 g/mol. The minimum atomic E-state index is -4.75. The molecule has 0 saturated carbocycles.